The predicted molar refractivity (Wildman–Crippen MR) is 99.3 cm³/mol. The molecule has 0 spiro atoms. The normalized spacial score (nSPS) is 16.9. The number of rotatable bonds is 3. The van der Waals surface area contributed by atoms with Gasteiger partial charge in [-0.3, -0.25) is 9.36 Å². The second kappa shape index (κ2) is 6.36. The molecular formula is C18H22N2OS2. The van der Waals surface area contributed by atoms with E-state index in [1.807, 2.05) is 0 Å². The summed E-state index contributed by atoms with van der Waals surface area (Å²) in [5.74, 6) is 0. The molecule has 0 unspecified atom stereocenters. The largest absolute Gasteiger partial charge is 0.272 e. The van der Waals surface area contributed by atoms with E-state index < -0.39 is 0 Å². The van der Waals surface area contributed by atoms with Crippen molar-refractivity contribution < 1.29 is 0 Å². The third-order valence-corrected chi connectivity index (χ3v) is 5.86. The van der Waals surface area contributed by atoms with Gasteiger partial charge in [-0.1, -0.05) is 38.6 Å². The van der Waals surface area contributed by atoms with Crippen LogP contribution in [0.5, 0.6) is 0 Å². The standard InChI is InChI=1S/C18H22N2OS2/c1-10(2)22-18-19-15-9-13(5)23-16(15)17(21)20(18)14-7-11(3)6-12(4)8-14/h6-8,10,13H,9H2,1-5H3/t13-/m0/s1. The van der Waals surface area contributed by atoms with Gasteiger partial charge in [0.15, 0.2) is 5.16 Å². The summed E-state index contributed by atoms with van der Waals surface area (Å²) >= 11 is 3.31. The number of benzene rings is 1. The maximum atomic E-state index is 13.1. The molecule has 122 valence electrons. The number of nitrogens with zero attached hydrogens (tertiary/aromatic N) is 2. The maximum absolute atomic E-state index is 13.1. The van der Waals surface area contributed by atoms with Crippen LogP contribution in [0.25, 0.3) is 5.69 Å². The Morgan fingerprint density at radius 2 is 1.91 bits per heavy atom. The van der Waals surface area contributed by atoms with Gasteiger partial charge in [-0.2, -0.15) is 0 Å². The molecule has 0 saturated carbocycles. The summed E-state index contributed by atoms with van der Waals surface area (Å²) in [6.07, 6.45) is 0.884. The second-order valence-corrected chi connectivity index (χ2v) is 9.45. The highest BCUT2D eigenvalue weighted by molar-refractivity contribution is 8.00. The van der Waals surface area contributed by atoms with Gasteiger partial charge in [0.1, 0.15) is 0 Å². The van der Waals surface area contributed by atoms with Gasteiger partial charge in [0.25, 0.3) is 5.56 Å². The molecule has 0 bridgehead atoms. The molecule has 0 radical (unpaired) electrons. The van der Waals surface area contributed by atoms with Crippen molar-refractivity contribution >= 4 is 23.5 Å². The van der Waals surface area contributed by atoms with Gasteiger partial charge in [-0.05, 0) is 37.1 Å². The van der Waals surface area contributed by atoms with Crippen LogP contribution >= 0.6 is 23.5 Å². The molecule has 5 heteroatoms. The van der Waals surface area contributed by atoms with Gasteiger partial charge in [0.05, 0.1) is 16.3 Å². The molecule has 2 aromatic rings. The Labute approximate surface area is 145 Å². The van der Waals surface area contributed by atoms with E-state index in [9.17, 15) is 4.79 Å². The average Bonchev–Trinajstić information content (AvgIpc) is 2.78. The van der Waals surface area contributed by atoms with Gasteiger partial charge in [0, 0.05) is 16.9 Å². The van der Waals surface area contributed by atoms with Crippen molar-refractivity contribution in [2.45, 2.75) is 61.6 Å². The molecule has 2 heterocycles. The van der Waals surface area contributed by atoms with Crippen molar-refractivity contribution in [1.29, 1.82) is 0 Å². The molecule has 0 amide bonds. The lowest BCUT2D eigenvalue weighted by Crippen LogP contribution is -2.24. The summed E-state index contributed by atoms with van der Waals surface area (Å²) in [7, 11) is 0. The number of hydrogen-bond acceptors (Lipinski definition) is 4. The van der Waals surface area contributed by atoms with Gasteiger partial charge >= 0.3 is 0 Å². The molecule has 3 nitrogen and oxygen atoms in total. The smallest absolute Gasteiger partial charge is 0.268 e. The van der Waals surface area contributed by atoms with Gasteiger partial charge < -0.3 is 0 Å². The topological polar surface area (TPSA) is 34.9 Å². The number of aromatic nitrogens is 2. The lowest BCUT2D eigenvalue weighted by molar-refractivity contribution is 0.728. The first-order valence-corrected chi connectivity index (χ1v) is 9.69. The van der Waals surface area contributed by atoms with Crippen LogP contribution in [0.4, 0.5) is 0 Å². The van der Waals surface area contributed by atoms with E-state index >= 15 is 0 Å². The number of fused-ring (bicyclic) bond motifs is 1. The van der Waals surface area contributed by atoms with Crippen LogP contribution in [0.15, 0.2) is 33.0 Å². The third kappa shape index (κ3) is 3.36. The second-order valence-electron chi connectivity index (χ2n) is 6.46. The minimum absolute atomic E-state index is 0.0810. The zero-order chi connectivity index (χ0) is 16.7. The fraction of sp³-hybridized carbons (Fsp3) is 0.444. The first-order chi connectivity index (χ1) is 10.8. The Kier molecular flexibility index (Phi) is 4.61. The van der Waals surface area contributed by atoms with Crippen LogP contribution in [-0.2, 0) is 6.42 Å². The van der Waals surface area contributed by atoms with Crippen molar-refractivity contribution in [2.75, 3.05) is 0 Å². The quantitative estimate of drug-likeness (QED) is 0.610. The molecule has 0 aliphatic carbocycles. The minimum Gasteiger partial charge on any atom is -0.268 e. The zero-order valence-corrected chi connectivity index (χ0v) is 15.8. The molecule has 0 saturated heterocycles. The molecular weight excluding hydrogens is 324 g/mol. The molecule has 23 heavy (non-hydrogen) atoms. The van der Waals surface area contributed by atoms with Crippen molar-refractivity contribution in [1.82, 2.24) is 9.55 Å². The van der Waals surface area contributed by atoms with Gasteiger partial charge in [-0.25, -0.2) is 4.98 Å². The highest BCUT2D eigenvalue weighted by Crippen LogP contribution is 2.35. The number of thioether (sulfide) groups is 2. The highest BCUT2D eigenvalue weighted by Gasteiger charge is 2.27. The Bertz CT molecular complexity index is 791. The fourth-order valence-electron chi connectivity index (χ4n) is 2.90. The third-order valence-electron chi connectivity index (χ3n) is 3.69. The Balaban J connectivity index is 2.25. The number of aryl methyl sites for hydroxylation is 2. The Morgan fingerprint density at radius 1 is 1.26 bits per heavy atom. The Morgan fingerprint density at radius 3 is 2.52 bits per heavy atom. The van der Waals surface area contributed by atoms with E-state index in [0.717, 1.165) is 39.0 Å². The fourth-order valence-corrected chi connectivity index (χ4v) is 4.88. The SMILES string of the molecule is Cc1cc(C)cc(-n2c(SC(C)C)nc3c(c2=O)S[C@@H](C)C3)c1. The van der Waals surface area contributed by atoms with E-state index in [1.165, 1.54) is 0 Å². The summed E-state index contributed by atoms with van der Waals surface area (Å²) in [4.78, 5) is 18.8. The van der Waals surface area contributed by atoms with Crippen LogP contribution in [0, 0.1) is 13.8 Å². The van der Waals surface area contributed by atoms with Crippen LogP contribution in [0.2, 0.25) is 0 Å². The molecule has 1 aliphatic rings. The van der Waals surface area contributed by atoms with E-state index in [2.05, 4.69) is 52.8 Å². The Hall–Kier alpha value is -1.20. The van der Waals surface area contributed by atoms with Gasteiger partial charge in [-0.15, -0.1) is 11.8 Å². The van der Waals surface area contributed by atoms with Crippen LogP contribution in [0.1, 0.15) is 37.6 Å². The molecule has 0 N–H and O–H groups in total. The lowest BCUT2D eigenvalue weighted by Gasteiger charge is -2.16. The summed E-state index contributed by atoms with van der Waals surface area (Å²) in [5.41, 5.74) is 4.29. The van der Waals surface area contributed by atoms with E-state index in [0.29, 0.717) is 10.5 Å². The lowest BCUT2D eigenvalue weighted by atomic mass is 10.1. The van der Waals surface area contributed by atoms with Crippen molar-refractivity contribution in [3.05, 3.63) is 45.4 Å². The van der Waals surface area contributed by atoms with E-state index in [4.69, 9.17) is 4.98 Å². The molecule has 3 rings (SSSR count). The molecule has 1 aromatic carbocycles. The average molecular weight is 347 g/mol. The molecule has 1 aliphatic heterocycles. The van der Waals surface area contributed by atoms with Crippen LogP contribution in [0.3, 0.4) is 0 Å². The summed E-state index contributed by atoms with van der Waals surface area (Å²) < 4.78 is 1.80. The summed E-state index contributed by atoms with van der Waals surface area (Å²) in [6, 6.07) is 6.26. The zero-order valence-electron chi connectivity index (χ0n) is 14.2. The van der Waals surface area contributed by atoms with E-state index in [-0.39, 0.29) is 5.56 Å². The van der Waals surface area contributed by atoms with E-state index in [1.54, 1.807) is 28.1 Å². The van der Waals surface area contributed by atoms with Crippen LogP contribution in [-0.4, -0.2) is 20.1 Å². The van der Waals surface area contributed by atoms with Crippen LogP contribution < -0.4 is 5.56 Å². The summed E-state index contributed by atoms with van der Waals surface area (Å²) in [6.45, 7) is 10.5. The highest BCUT2D eigenvalue weighted by atomic mass is 32.2. The number of hydrogen-bond donors (Lipinski definition) is 0. The first-order valence-electron chi connectivity index (χ1n) is 7.93. The first kappa shape index (κ1) is 16.7. The molecule has 0 fully saturated rings. The minimum atomic E-state index is 0.0810. The monoisotopic (exact) mass is 346 g/mol. The molecule has 1 atom stereocenters. The predicted octanol–water partition coefficient (Wildman–Crippen LogP) is 4.39. The van der Waals surface area contributed by atoms with Crippen molar-refractivity contribution in [2.24, 2.45) is 0 Å². The molecule has 1 aromatic heterocycles. The summed E-state index contributed by atoms with van der Waals surface area (Å²) in [5, 5.41) is 1.62. The maximum Gasteiger partial charge on any atom is 0.272 e. The van der Waals surface area contributed by atoms with Gasteiger partial charge in [0.2, 0.25) is 0 Å². The van der Waals surface area contributed by atoms with Crippen molar-refractivity contribution in [3.8, 4) is 5.69 Å². The van der Waals surface area contributed by atoms with Crippen molar-refractivity contribution in [3.63, 3.8) is 0 Å².